The van der Waals surface area contributed by atoms with Crippen molar-refractivity contribution in [2.45, 2.75) is 6.04 Å². The second-order valence-electron chi connectivity index (χ2n) is 3.96. The Hall–Kier alpha value is -1.88. The maximum atomic E-state index is 12.1. The highest BCUT2D eigenvalue weighted by Gasteiger charge is 2.22. The van der Waals surface area contributed by atoms with Crippen molar-refractivity contribution in [1.29, 1.82) is 0 Å². The van der Waals surface area contributed by atoms with E-state index in [0.717, 1.165) is 0 Å². The van der Waals surface area contributed by atoms with E-state index in [9.17, 15) is 9.59 Å². The highest BCUT2D eigenvalue weighted by molar-refractivity contribution is 5.76. The van der Waals surface area contributed by atoms with E-state index in [2.05, 4.69) is 10.3 Å². The maximum Gasteiger partial charge on any atom is 0.329 e. The van der Waals surface area contributed by atoms with Crippen LogP contribution in [0.15, 0.2) is 33.9 Å². The molecule has 0 atom stereocenters. The quantitative estimate of drug-likeness (QED) is 0.697. The molecule has 0 amide bonds. The van der Waals surface area contributed by atoms with Gasteiger partial charge in [-0.05, 0) is 12.1 Å². The van der Waals surface area contributed by atoms with Crippen molar-refractivity contribution < 1.29 is 0 Å². The number of para-hydroxylation sites is 1. The largest absolute Gasteiger partial charge is 0.329 e. The summed E-state index contributed by atoms with van der Waals surface area (Å²) in [4.78, 5) is 26.6. The monoisotopic (exact) mass is 217 g/mol. The Kier molecular flexibility index (Phi) is 1.94. The summed E-state index contributed by atoms with van der Waals surface area (Å²) < 4.78 is 1.30. The first-order valence-electron chi connectivity index (χ1n) is 5.21. The third-order valence-corrected chi connectivity index (χ3v) is 2.96. The maximum absolute atomic E-state index is 12.1. The Morgan fingerprint density at radius 2 is 1.94 bits per heavy atom. The molecule has 2 aromatic rings. The highest BCUT2D eigenvalue weighted by Crippen LogP contribution is 2.08. The molecule has 82 valence electrons. The fourth-order valence-electron chi connectivity index (χ4n) is 1.96. The van der Waals surface area contributed by atoms with Crippen LogP contribution in [0.1, 0.15) is 6.04 Å². The zero-order chi connectivity index (χ0) is 11.1. The van der Waals surface area contributed by atoms with Gasteiger partial charge in [-0.15, -0.1) is 0 Å². The summed E-state index contributed by atoms with van der Waals surface area (Å²) in [6, 6.07) is 7.05. The Morgan fingerprint density at radius 3 is 2.62 bits per heavy atom. The lowest BCUT2D eigenvalue weighted by Crippen LogP contribution is -2.51. The van der Waals surface area contributed by atoms with Gasteiger partial charge in [0.25, 0.3) is 5.56 Å². The average Bonchev–Trinajstić information content (AvgIpc) is 2.21. The summed E-state index contributed by atoms with van der Waals surface area (Å²) in [7, 11) is 0. The molecule has 0 bridgehead atoms. The van der Waals surface area contributed by atoms with Gasteiger partial charge in [-0.3, -0.25) is 9.36 Å². The van der Waals surface area contributed by atoms with Gasteiger partial charge >= 0.3 is 5.69 Å². The Labute approximate surface area is 90.7 Å². The number of nitrogens with zero attached hydrogens (tertiary/aromatic N) is 1. The number of aromatic nitrogens is 2. The van der Waals surface area contributed by atoms with E-state index >= 15 is 0 Å². The molecule has 5 nitrogen and oxygen atoms in total. The Bertz CT molecular complexity index is 652. The molecule has 3 rings (SSSR count). The molecule has 1 aliphatic rings. The summed E-state index contributed by atoms with van der Waals surface area (Å²) in [6.07, 6.45) is 0. The summed E-state index contributed by atoms with van der Waals surface area (Å²) in [5.41, 5.74) is 0.0714. The first kappa shape index (κ1) is 9.35. The standard InChI is InChI=1S/C11H11N3O2/c15-10-8-3-1-2-4-9(8)13-11(16)14(10)7-5-12-6-7/h1-4,7,12H,5-6H2,(H,13,16). The van der Waals surface area contributed by atoms with Crippen LogP contribution < -0.4 is 16.6 Å². The SMILES string of the molecule is O=c1[nH]c2ccccc2c(=O)n1C1CNC1. The van der Waals surface area contributed by atoms with Crippen molar-refractivity contribution >= 4 is 10.9 Å². The van der Waals surface area contributed by atoms with E-state index in [1.54, 1.807) is 24.3 Å². The van der Waals surface area contributed by atoms with Gasteiger partial charge in [-0.1, -0.05) is 12.1 Å². The first-order chi connectivity index (χ1) is 7.77. The van der Waals surface area contributed by atoms with E-state index in [-0.39, 0.29) is 17.3 Å². The number of hydrogen-bond donors (Lipinski definition) is 2. The van der Waals surface area contributed by atoms with Crippen LogP contribution in [0.3, 0.4) is 0 Å². The number of aromatic amines is 1. The molecule has 2 heterocycles. The molecule has 0 saturated carbocycles. The minimum atomic E-state index is -0.324. The summed E-state index contributed by atoms with van der Waals surface area (Å²) in [5.74, 6) is 0. The topological polar surface area (TPSA) is 66.9 Å². The molecule has 0 radical (unpaired) electrons. The molecular formula is C11H11N3O2. The lowest BCUT2D eigenvalue weighted by molar-refractivity contribution is 0.327. The van der Waals surface area contributed by atoms with Crippen molar-refractivity contribution in [1.82, 2.24) is 14.9 Å². The lowest BCUT2D eigenvalue weighted by atomic mass is 10.1. The van der Waals surface area contributed by atoms with Crippen molar-refractivity contribution in [3.05, 3.63) is 45.1 Å². The van der Waals surface area contributed by atoms with Crippen LogP contribution in [-0.2, 0) is 0 Å². The second kappa shape index (κ2) is 3.31. The predicted octanol–water partition coefficient (Wildman–Crippen LogP) is -0.166. The van der Waals surface area contributed by atoms with E-state index in [4.69, 9.17) is 0 Å². The van der Waals surface area contributed by atoms with Crippen LogP contribution in [0.5, 0.6) is 0 Å². The summed E-state index contributed by atoms with van der Waals surface area (Å²) in [5, 5.41) is 3.61. The normalized spacial score (nSPS) is 16.2. The number of fused-ring (bicyclic) bond motifs is 1. The zero-order valence-electron chi connectivity index (χ0n) is 8.56. The number of hydrogen-bond acceptors (Lipinski definition) is 3. The molecule has 0 aliphatic carbocycles. The van der Waals surface area contributed by atoms with Gasteiger partial charge < -0.3 is 10.3 Å². The second-order valence-corrected chi connectivity index (χ2v) is 3.96. The van der Waals surface area contributed by atoms with Crippen molar-refractivity contribution in [2.75, 3.05) is 13.1 Å². The van der Waals surface area contributed by atoms with Crippen LogP contribution >= 0.6 is 0 Å². The van der Waals surface area contributed by atoms with Crippen molar-refractivity contribution in [3.63, 3.8) is 0 Å². The van der Waals surface area contributed by atoms with Gasteiger partial charge in [0.2, 0.25) is 0 Å². The van der Waals surface area contributed by atoms with Gasteiger partial charge in [0.05, 0.1) is 16.9 Å². The van der Waals surface area contributed by atoms with Crippen LogP contribution in [-0.4, -0.2) is 22.6 Å². The molecule has 16 heavy (non-hydrogen) atoms. The number of rotatable bonds is 1. The third kappa shape index (κ3) is 1.22. The van der Waals surface area contributed by atoms with Crippen molar-refractivity contribution in [3.8, 4) is 0 Å². The van der Waals surface area contributed by atoms with E-state index < -0.39 is 0 Å². The van der Waals surface area contributed by atoms with Gasteiger partial charge in [-0.25, -0.2) is 4.79 Å². The summed E-state index contributed by atoms with van der Waals surface area (Å²) >= 11 is 0. The van der Waals surface area contributed by atoms with E-state index in [0.29, 0.717) is 24.0 Å². The molecule has 1 aliphatic heterocycles. The van der Waals surface area contributed by atoms with Gasteiger partial charge in [0.1, 0.15) is 0 Å². The minimum Gasteiger partial charge on any atom is -0.312 e. The Balaban J connectivity index is 2.37. The Morgan fingerprint density at radius 1 is 1.19 bits per heavy atom. The molecule has 1 fully saturated rings. The molecule has 1 aromatic carbocycles. The van der Waals surface area contributed by atoms with E-state index in [1.807, 2.05) is 0 Å². The predicted molar refractivity (Wildman–Crippen MR) is 60.7 cm³/mol. The average molecular weight is 217 g/mol. The summed E-state index contributed by atoms with van der Waals surface area (Å²) in [6.45, 7) is 1.36. The molecule has 5 heteroatoms. The van der Waals surface area contributed by atoms with Crippen LogP contribution in [0.25, 0.3) is 10.9 Å². The highest BCUT2D eigenvalue weighted by atomic mass is 16.2. The molecule has 0 unspecified atom stereocenters. The number of benzene rings is 1. The van der Waals surface area contributed by atoms with Crippen molar-refractivity contribution in [2.24, 2.45) is 0 Å². The third-order valence-electron chi connectivity index (χ3n) is 2.96. The molecular weight excluding hydrogens is 206 g/mol. The molecule has 1 aromatic heterocycles. The number of H-pyrrole nitrogens is 1. The molecule has 2 N–H and O–H groups in total. The number of nitrogens with one attached hydrogen (secondary N) is 2. The van der Waals surface area contributed by atoms with E-state index in [1.165, 1.54) is 4.57 Å². The molecule has 1 saturated heterocycles. The lowest BCUT2D eigenvalue weighted by Gasteiger charge is -2.28. The fraction of sp³-hybridized carbons (Fsp3) is 0.273. The minimum absolute atomic E-state index is 0.0131. The fourth-order valence-corrected chi connectivity index (χ4v) is 1.96. The first-order valence-corrected chi connectivity index (χ1v) is 5.21. The van der Waals surface area contributed by atoms with Gasteiger partial charge in [0.15, 0.2) is 0 Å². The smallest absolute Gasteiger partial charge is 0.312 e. The van der Waals surface area contributed by atoms with Gasteiger partial charge in [0, 0.05) is 13.1 Å². The van der Waals surface area contributed by atoms with Crippen LogP contribution in [0.2, 0.25) is 0 Å². The van der Waals surface area contributed by atoms with Gasteiger partial charge in [-0.2, -0.15) is 0 Å². The van der Waals surface area contributed by atoms with Crippen LogP contribution in [0.4, 0.5) is 0 Å². The molecule has 0 spiro atoms. The van der Waals surface area contributed by atoms with Crippen LogP contribution in [0, 0.1) is 0 Å². The zero-order valence-corrected chi connectivity index (χ0v) is 8.56.